The summed E-state index contributed by atoms with van der Waals surface area (Å²) in [6, 6.07) is 6.98. The number of ketones is 1. The highest BCUT2D eigenvalue weighted by Gasteiger charge is 2.55. The Hall–Kier alpha value is -5.53. The van der Waals surface area contributed by atoms with Gasteiger partial charge in [0.15, 0.2) is 11.6 Å². The summed E-state index contributed by atoms with van der Waals surface area (Å²) < 4.78 is 52.7. The van der Waals surface area contributed by atoms with E-state index in [-0.39, 0.29) is 101 Å². The lowest BCUT2D eigenvalue weighted by Crippen LogP contribution is -2.57. The highest BCUT2D eigenvalue weighted by atomic mass is 19.1. The van der Waals surface area contributed by atoms with Crippen molar-refractivity contribution in [2.45, 2.75) is 57.4 Å². The first-order valence-corrected chi connectivity index (χ1v) is 16.9. The number of halogens is 3. The summed E-state index contributed by atoms with van der Waals surface area (Å²) in [5.41, 5.74) is -1.71. The number of benzene rings is 2. The van der Waals surface area contributed by atoms with Crippen LogP contribution in [0.3, 0.4) is 0 Å². The van der Waals surface area contributed by atoms with Gasteiger partial charge in [-0.2, -0.15) is 15.2 Å². The number of pyridine rings is 1. The molecule has 2 aromatic heterocycles. The van der Waals surface area contributed by atoms with Gasteiger partial charge in [-0.1, -0.05) is 18.6 Å². The first-order valence-electron chi connectivity index (χ1n) is 16.9. The number of hydrogen-bond donors (Lipinski definition) is 0. The molecule has 3 saturated heterocycles. The molecule has 5 heterocycles. The van der Waals surface area contributed by atoms with Gasteiger partial charge in [-0.25, -0.2) is 13.2 Å². The van der Waals surface area contributed by atoms with E-state index in [1.165, 1.54) is 37.4 Å². The van der Waals surface area contributed by atoms with Crippen LogP contribution in [0.5, 0.6) is 6.01 Å². The summed E-state index contributed by atoms with van der Waals surface area (Å²) in [6.07, 6.45) is 7.95. The van der Waals surface area contributed by atoms with Crippen molar-refractivity contribution >= 4 is 39.2 Å². The smallest absolute Gasteiger partial charge is 0.319 e. The molecule has 266 valence electrons. The maximum atomic E-state index is 17.1. The normalized spacial score (nSPS) is 25.7. The summed E-state index contributed by atoms with van der Waals surface area (Å²) in [5, 5.41) is 11.0. The van der Waals surface area contributed by atoms with Crippen LogP contribution < -0.4 is 9.64 Å². The molecule has 0 radical (unpaired) electrons. The maximum Gasteiger partial charge on any atom is 0.319 e. The van der Waals surface area contributed by atoms with Gasteiger partial charge in [-0.15, -0.1) is 6.42 Å². The van der Waals surface area contributed by atoms with Crippen LogP contribution in [0.15, 0.2) is 43.1 Å². The number of rotatable bonds is 7. The minimum Gasteiger partial charge on any atom is -0.461 e. The molecule has 5 atom stereocenters. The number of piperazine rings is 1. The molecule has 0 spiro atoms. The van der Waals surface area contributed by atoms with E-state index in [1.807, 2.05) is 23.6 Å². The van der Waals surface area contributed by atoms with Crippen LogP contribution in [0.1, 0.15) is 49.5 Å². The molecular formula is C39H36F3N7O3. The molecule has 0 N–H and O–H groups in total. The number of Topliss-reactive ketones (excluding diaryl/α,β-unsaturated/α-hetero) is 1. The number of nitrogens with zero attached hydrogens (tertiary/aromatic N) is 7. The van der Waals surface area contributed by atoms with Crippen LogP contribution in [0.2, 0.25) is 0 Å². The third-order valence-corrected chi connectivity index (χ3v) is 11.0. The Morgan fingerprint density at radius 2 is 1.94 bits per heavy atom. The summed E-state index contributed by atoms with van der Waals surface area (Å²) in [4.78, 5) is 44.7. The van der Waals surface area contributed by atoms with E-state index in [9.17, 15) is 19.2 Å². The number of fused-ring (bicyclic) bond motifs is 4. The molecule has 3 aliphatic heterocycles. The summed E-state index contributed by atoms with van der Waals surface area (Å²) >= 11 is 0. The first-order chi connectivity index (χ1) is 24.7. The van der Waals surface area contributed by atoms with Crippen molar-refractivity contribution in [1.82, 2.24) is 24.8 Å². The molecule has 52 heavy (non-hydrogen) atoms. The molecular weight excluding hydrogens is 671 g/mol. The highest BCUT2D eigenvalue weighted by Crippen LogP contribution is 2.46. The predicted molar refractivity (Wildman–Crippen MR) is 189 cm³/mol. The minimum atomic E-state index is -1.05. The van der Waals surface area contributed by atoms with Crippen molar-refractivity contribution in [3.8, 4) is 35.7 Å². The number of likely N-dealkylation sites (tertiary alicyclic amines) is 1. The standard InChI is InChI=1S/C39H36F3N7O3/c1-7-26-29(41)10-9-22-11-23(21(3)50)12-27(32(22)26)34-33(42)35-28(15-44-34)36(46-37(45-35)52-20-39(5)13-24(40)16-47(39)6)48-17-25-14-38(4,19-43)30(18-48)49(25)31(51)8-2/h1,8-12,15,24-25,30H,2,13-14,16-18,20H2,3-6H3/t24-,25-,30-,38?,39+/m1/s1. The molecule has 2 bridgehead atoms. The van der Waals surface area contributed by atoms with Crippen molar-refractivity contribution in [2.75, 3.05) is 38.2 Å². The molecule has 7 rings (SSSR count). The number of nitriles is 1. The Morgan fingerprint density at radius 1 is 1.17 bits per heavy atom. The highest BCUT2D eigenvalue weighted by molar-refractivity contribution is 6.07. The fourth-order valence-electron chi connectivity index (χ4n) is 8.09. The summed E-state index contributed by atoms with van der Waals surface area (Å²) in [5.74, 6) is 0.460. The lowest BCUT2D eigenvalue weighted by molar-refractivity contribution is -0.129. The zero-order valence-corrected chi connectivity index (χ0v) is 29.2. The lowest BCUT2D eigenvalue weighted by Gasteiger charge is -2.42. The SMILES string of the molecule is C#Cc1c(F)ccc2cc(C(C)=O)cc(-c3ncc4c(N5C[C@H]6CC(C)(C#N)[C@@H](C5)N6C(=O)C=C)nc(OC[C@]5(C)C[C@@H](F)CN5C)nc4c3F)c12. The van der Waals surface area contributed by atoms with Crippen LogP contribution in [-0.2, 0) is 4.79 Å². The van der Waals surface area contributed by atoms with E-state index in [1.54, 1.807) is 18.0 Å². The van der Waals surface area contributed by atoms with Gasteiger partial charge < -0.3 is 14.5 Å². The lowest BCUT2D eigenvalue weighted by atomic mass is 9.83. The van der Waals surface area contributed by atoms with E-state index in [0.29, 0.717) is 11.8 Å². The third-order valence-electron chi connectivity index (χ3n) is 11.0. The molecule has 0 saturated carbocycles. The number of aromatic nitrogens is 3. The third kappa shape index (κ3) is 5.51. The van der Waals surface area contributed by atoms with Crippen molar-refractivity contribution in [1.29, 1.82) is 5.26 Å². The maximum absolute atomic E-state index is 17.1. The second kappa shape index (κ2) is 12.6. The molecule has 1 amide bonds. The number of alkyl halides is 1. The molecule has 10 nitrogen and oxygen atoms in total. The predicted octanol–water partition coefficient (Wildman–Crippen LogP) is 5.62. The van der Waals surface area contributed by atoms with Gasteiger partial charge in [0.25, 0.3) is 0 Å². The van der Waals surface area contributed by atoms with Crippen LogP contribution in [0.4, 0.5) is 19.0 Å². The van der Waals surface area contributed by atoms with Crippen LogP contribution in [-0.4, -0.2) is 93.5 Å². The van der Waals surface area contributed by atoms with Crippen molar-refractivity contribution in [2.24, 2.45) is 5.41 Å². The van der Waals surface area contributed by atoms with E-state index in [0.717, 1.165) is 0 Å². The van der Waals surface area contributed by atoms with E-state index >= 15 is 8.78 Å². The van der Waals surface area contributed by atoms with E-state index < -0.39 is 34.8 Å². The molecule has 4 aromatic rings. The fourth-order valence-corrected chi connectivity index (χ4v) is 8.09. The van der Waals surface area contributed by atoms with Gasteiger partial charge in [0.05, 0.1) is 40.1 Å². The number of carbonyl (C=O) groups excluding carboxylic acids is 2. The number of carbonyl (C=O) groups is 2. The van der Waals surface area contributed by atoms with Crippen molar-refractivity contribution < 1.29 is 27.5 Å². The van der Waals surface area contributed by atoms with E-state index in [4.69, 9.17) is 16.1 Å². The molecule has 3 aliphatic rings. The zero-order valence-electron chi connectivity index (χ0n) is 29.2. The van der Waals surface area contributed by atoms with Crippen LogP contribution >= 0.6 is 0 Å². The van der Waals surface area contributed by atoms with Crippen LogP contribution in [0, 0.1) is 40.7 Å². The van der Waals surface area contributed by atoms with E-state index in [2.05, 4.69) is 28.5 Å². The number of likely N-dealkylation sites (N-methyl/N-ethyl adjacent to an activating group) is 1. The Kier molecular flexibility index (Phi) is 8.46. The number of terminal acetylenes is 1. The quantitative estimate of drug-likeness (QED) is 0.137. The first kappa shape index (κ1) is 34.9. The largest absolute Gasteiger partial charge is 0.461 e. The van der Waals surface area contributed by atoms with Crippen LogP contribution in [0.25, 0.3) is 32.9 Å². The van der Waals surface area contributed by atoms with Gasteiger partial charge in [0.2, 0.25) is 5.91 Å². The Balaban J connectivity index is 1.41. The minimum absolute atomic E-state index is 0.00386. The molecule has 1 unspecified atom stereocenters. The fraction of sp³-hybridized carbons (Fsp3) is 0.385. The second-order valence-electron chi connectivity index (χ2n) is 14.5. The van der Waals surface area contributed by atoms with Gasteiger partial charge in [-0.3, -0.25) is 19.5 Å². The Morgan fingerprint density at radius 3 is 2.60 bits per heavy atom. The Bertz CT molecular complexity index is 2290. The monoisotopic (exact) mass is 707 g/mol. The van der Waals surface area contributed by atoms with Gasteiger partial charge >= 0.3 is 6.01 Å². The number of hydrogen-bond acceptors (Lipinski definition) is 9. The number of anilines is 1. The average molecular weight is 708 g/mol. The number of amides is 1. The topological polar surface area (TPSA) is 116 Å². The average Bonchev–Trinajstić information content (AvgIpc) is 3.49. The van der Waals surface area contributed by atoms with Gasteiger partial charge in [0.1, 0.15) is 35.6 Å². The molecule has 3 fully saturated rings. The summed E-state index contributed by atoms with van der Waals surface area (Å²) in [7, 11) is 1.80. The van der Waals surface area contributed by atoms with Crippen molar-refractivity contribution in [3.63, 3.8) is 0 Å². The second-order valence-corrected chi connectivity index (χ2v) is 14.5. The Labute approximate surface area is 298 Å². The molecule has 2 aromatic carbocycles. The zero-order chi connectivity index (χ0) is 37.3. The number of ether oxygens (including phenoxy) is 1. The van der Waals surface area contributed by atoms with Crippen molar-refractivity contribution in [3.05, 3.63) is 65.9 Å². The molecule has 0 aliphatic carbocycles. The van der Waals surface area contributed by atoms with Gasteiger partial charge in [-0.05, 0) is 63.9 Å². The molecule has 13 heteroatoms. The van der Waals surface area contributed by atoms with Gasteiger partial charge in [0, 0.05) is 48.8 Å². The summed E-state index contributed by atoms with van der Waals surface area (Å²) in [6.45, 7) is 9.38.